The van der Waals surface area contributed by atoms with E-state index in [4.69, 9.17) is 9.15 Å². The van der Waals surface area contributed by atoms with Crippen molar-refractivity contribution in [2.45, 2.75) is 6.92 Å². The normalized spacial score (nSPS) is 11.0. The third-order valence-electron chi connectivity index (χ3n) is 3.10. The zero-order valence-electron chi connectivity index (χ0n) is 10.2. The Morgan fingerprint density at radius 2 is 1.94 bits per heavy atom. The molecule has 0 bridgehead atoms. The first-order valence-corrected chi connectivity index (χ1v) is 5.71. The number of benzene rings is 2. The van der Waals surface area contributed by atoms with Crippen LogP contribution < -0.4 is 10.2 Å². The average molecular weight is 240 g/mol. The molecule has 3 nitrogen and oxygen atoms in total. The van der Waals surface area contributed by atoms with Crippen molar-refractivity contribution in [2.24, 2.45) is 0 Å². The molecule has 0 aliphatic rings. The van der Waals surface area contributed by atoms with Gasteiger partial charge in [-0.2, -0.15) is 0 Å². The van der Waals surface area contributed by atoms with Crippen molar-refractivity contribution < 1.29 is 9.15 Å². The molecule has 0 radical (unpaired) electrons. The molecule has 3 rings (SSSR count). The molecule has 0 atom stereocenters. The summed E-state index contributed by atoms with van der Waals surface area (Å²) >= 11 is 0. The van der Waals surface area contributed by atoms with Gasteiger partial charge >= 0.3 is 0 Å². The fourth-order valence-electron chi connectivity index (χ4n) is 2.12. The standard InChI is InChI=1S/C15H12O3/c1-9-4-3-5-12-14(16)11-7-6-10(17-2)8-13(11)18-15(9)12/h3-8H,1-2H3. The molecule has 2 aromatic carbocycles. The Bertz CT molecular complexity index is 800. The SMILES string of the molecule is COc1ccc2c(=O)c3cccc(C)c3oc2c1. The molecule has 0 saturated carbocycles. The molecule has 18 heavy (non-hydrogen) atoms. The van der Waals surface area contributed by atoms with E-state index in [9.17, 15) is 4.79 Å². The maximum atomic E-state index is 12.3. The van der Waals surface area contributed by atoms with Gasteiger partial charge in [-0.1, -0.05) is 12.1 Å². The zero-order chi connectivity index (χ0) is 12.7. The van der Waals surface area contributed by atoms with Gasteiger partial charge in [-0.15, -0.1) is 0 Å². The maximum Gasteiger partial charge on any atom is 0.200 e. The van der Waals surface area contributed by atoms with Crippen molar-refractivity contribution in [1.82, 2.24) is 0 Å². The number of rotatable bonds is 1. The summed E-state index contributed by atoms with van der Waals surface area (Å²) in [7, 11) is 1.59. The molecule has 0 amide bonds. The Balaban J connectivity index is 2.53. The van der Waals surface area contributed by atoms with E-state index in [2.05, 4.69) is 0 Å². The van der Waals surface area contributed by atoms with Crippen molar-refractivity contribution in [3.05, 3.63) is 52.2 Å². The van der Waals surface area contributed by atoms with E-state index in [1.807, 2.05) is 19.1 Å². The smallest absolute Gasteiger partial charge is 0.200 e. The van der Waals surface area contributed by atoms with E-state index < -0.39 is 0 Å². The highest BCUT2D eigenvalue weighted by Crippen LogP contribution is 2.24. The van der Waals surface area contributed by atoms with Crippen molar-refractivity contribution in [3.8, 4) is 5.75 Å². The second kappa shape index (κ2) is 3.88. The zero-order valence-corrected chi connectivity index (χ0v) is 10.2. The van der Waals surface area contributed by atoms with Gasteiger partial charge in [0.1, 0.15) is 16.9 Å². The van der Waals surface area contributed by atoms with E-state index in [1.165, 1.54) is 0 Å². The molecular weight excluding hydrogens is 228 g/mol. The minimum Gasteiger partial charge on any atom is -0.497 e. The fraction of sp³-hybridized carbons (Fsp3) is 0.133. The second-order valence-corrected chi connectivity index (χ2v) is 4.24. The van der Waals surface area contributed by atoms with Crippen molar-refractivity contribution >= 4 is 21.9 Å². The highest BCUT2D eigenvalue weighted by Gasteiger charge is 2.09. The van der Waals surface area contributed by atoms with Gasteiger partial charge < -0.3 is 9.15 Å². The lowest BCUT2D eigenvalue weighted by Gasteiger charge is -2.05. The van der Waals surface area contributed by atoms with E-state index in [0.717, 1.165) is 5.56 Å². The van der Waals surface area contributed by atoms with Crippen LogP contribution in [-0.2, 0) is 0 Å². The highest BCUT2D eigenvalue weighted by molar-refractivity contribution is 5.91. The average Bonchev–Trinajstić information content (AvgIpc) is 2.40. The van der Waals surface area contributed by atoms with E-state index in [-0.39, 0.29) is 5.43 Å². The molecule has 0 unspecified atom stereocenters. The van der Waals surface area contributed by atoms with Crippen molar-refractivity contribution in [3.63, 3.8) is 0 Å². The molecule has 0 fully saturated rings. The van der Waals surface area contributed by atoms with Gasteiger partial charge in [0, 0.05) is 6.07 Å². The minimum absolute atomic E-state index is 0.00222. The van der Waals surface area contributed by atoms with Crippen LogP contribution in [0.15, 0.2) is 45.6 Å². The van der Waals surface area contributed by atoms with Crippen LogP contribution in [0.1, 0.15) is 5.56 Å². The van der Waals surface area contributed by atoms with E-state index >= 15 is 0 Å². The summed E-state index contributed by atoms with van der Waals surface area (Å²) in [6.07, 6.45) is 0. The minimum atomic E-state index is -0.00222. The van der Waals surface area contributed by atoms with Gasteiger partial charge in [-0.25, -0.2) is 0 Å². The number of aryl methyl sites for hydroxylation is 1. The lowest BCUT2D eigenvalue weighted by Crippen LogP contribution is -2.02. The molecule has 3 heteroatoms. The molecule has 0 spiro atoms. The van der Waals surface area contributed by atoms with Crippen molar-refractivity contribution in [1.29, 1.82) is 0 Å². The quantitative estimate of drug-likeness (QED) is 0.613. The van der Waals surface area contributed by atoms with Crippen LogP contribution in [0.25, 0.3) is 21.9 Å². The molecule has 3 aromatic rings. The summed E-state index contributed by atoms with van der Waals surface area (Å²) in [4.78, 5) is 12.3. The van der Waals surface area contributed by atoms with Crippen LogP contribution in [0.5, 0.6) is 5.75 Å². The van der Waals surface area contributed by atoms with Gasteiger partial charge in [-0.3, -0.25) is 4.79 Å². The number of hydrogen-bond acceptors (Lipinski definition) is 3. The molecule has 1 aromatic heterocycles. The van der Waals surface area contributed by atoms with Gasteiger partial charge in [-0.05, 0) is 30.7 Å². The number of para-hydroxylation sites is 1. The van der Waals surface area contributed by atoms with Crippen LogP contribution in [0.4, 0.5) is 0 Å². The van der Waals surface area contributed by atoms with Gasteiger partial charge in [0.15, 0.2) is 0 Å². The number of fused-ring (bicyclic) bond motifs is 2. The van der Waals surface area contributed by atoms with E-state index in [1.54, 1.807) is 31.4 Å². The van der Waals surface area contributed by atoms with Crippen LogP contribution in [0.3, 0.4) is 0 Å². The first kappa shape index (κ1) is 10.8. The van der Waals surface area contributed by atoms with Gasteiger partial charge in [0.25, 0.3) is 0 Å². The molecule has 0 aliphatic heterocycles. The third kappa shape index (κ3) is 1.48. The predicted octanol–water partition coefficient (Wildman–Crippen LogP) is 3.26. The Hall–Kier alpha value is -2.29. The summed E-state index contributed by atoms with van der Waals surface area (Å²) in [5, 5.41) is 1.20. The van der Waals surface area contributed by atoms with Gasteiger partial charge in [0.2, 0.25) is 5.43 Å². The Kier molecular flexibility index (Phi) is 2.33. The molecular formula is C15H12O3. The van der Waals surface area contributed by atoms with Crippen LogP contribution in [0, 0.1) is 6.92 Å². The van der Waals surface area contributed by atoms with Crippen LogP contribution in [0.2, 0.25) is 0 Å². The fourth-order valence-corrected chi connectivity index (χ4v) is 2.12. The summed E-state index contributed by atoms with van der Waals surface area (Å²) in [6, 6.07) is 10.8. The predicted molar refractivity (Wildman–Crippen MR) is 71.3 cm³/mol. The number of hydrogen-bond donors (Lipinski definition) is 0. The molecule has 0 N–H and O–H groups in total. The third-order valence-corrected chi connectivity index (χ3v) is 3.10. The van der Waals surface area contributed by atoms with Gasteiger partial charge in [0.05, 0.1) is 17.9 Å². The van der Waals surface area contributed by atoms with E-state index in [0.29, 0.717) is 27.7 Å². The monoisotopic (exact) mass is 240 g/mol. The Morgan fingerprint density at radius 1 is 1.11 bits per heavy atom. The molecule has 0 aliphatic carbocycles. The maximum absolute atomic E-state index is 12.3. The first-order valence-electron chi connectivity index (χ1n) is 5.71. The first-order chi connectivity index (χ1) is 8.70. The summed E-state index contributed by atoms with van der Waals surface area (Å²) in [5.41, 5.74) is 2.15. The van der Waals surface area contributed by atoms with Crippen LogP contribution in [-0.4, -0.2) is 7.11 Å². The molecule has 90 valence electrons. The summed E-state index contributed by atoms with van der Waals surface area (Å²) < 4.78 is 11.0. The topological polar surface area (TPSA) is 39.4 Å². The Morgan fingerprint density at radius 3 is 2.72 bits per heavy atom. The lowest BCUT2D eigenvalue weighted by molar-refractivity contribution is 0.414. The Labute approximate surface area is 104 Å². The molecule has 1 heterocycles. The number of ether oxygens (including phenoxy) is 1. The summed E-state index contributed by atoms with van der Waals surface area (Å²) in [6.45, 7) is 1.93. The van der Waals surface area contributed by atoms with Crippen molar-refractivity contribution in [2.75, 3.05) is 7.11 Å². The second-order valence-electron chi connectivity index (χ2n) is 4.24. The largest absolute Gasteiger partial charge is 0.497 e. The lowest BCUT2D eigenvalue weighted by atomic mass is 10.1. The summed E-state index contributed by atoms with van der Waals surface area (Å²) in [5.74, 6) is 0.679. The number of methoxy groups -OCH3 is 1. The highest BCUT2D eigenvalue weighted by atomic mass is 16.5. The molecule has 0 saturated heterocycles. The van der Waals surface area contributed by atoms with Crippen LogP contribution >= 0.6 is 0 Å².